The summed E-state index contributed by atoms with van der Waals surface area (Å²) in [5.41, 5.74) is 3.12. The lowest BCUT2D eigenvalue weighted by Crippen LogP contribution is -2.22. The Morgan fingerprint density at radius 2 is 1.08 bits per heavy atom. The molecule has 0 spiro atoms. The van der Waals surface area contributed by atoms with E-state index in [1.165, 1.54) is 5.90 Å². The molecule has 0 aliphatic rings. The smallest absolute Gasteiger partial charge is 0.0849 e. The molecule has 124 valence electrons. The summed E-state index contributed by atoms with van der Waals surface area (Å²) >= 11 is 0. The van der Waals surface area contributed by atoms with Gasteiger partial charge in [-0.3, -0.25) is 0 Å². The van der Waals surface area contributed by atoms with Crippen LogP contribution in [0.2, 0.25) is 0 Å². The van der Waals surface area contributed by atoms with Crippen molar-refractivity contribution in [1.29, 1.82) is 0 Å². The zero-order chi connectivity index (χ0) is 17.3. The molecule has 0 N–H and O–H groups in total. The minimum absolute atomic E-state index is 0.110. The van der Waals surface area contributed by atoms with E-state index in [2.05, 4.69) is 88.4 Å². The van der Waals surface area contributed by atoms with Gasteiger partial charge >= 0.3 is 0 Å². The molecule has 1 aromatic heterocycles. The summed E-state index contributed by atoms with van der Waals surface area (Å²) in [6.07, 6.45) is 0. The van der Waals surface area contributed by atoms with Gasteiger partial charge in [-0.15, -0.1) is 0 Å². The van der Waals surface area contributed by atoms with Gasteiger partial charge in [0, 0.05) is 0 Å². The second-order valence-corrected chi connectivity index (χ2v) is 11.3. The summed E-state index contributed by atoms with van der Waals surface area (Å²) in [6.45, 7) is 9.43. The Balaban J connectivity index is 2.16. The van der Waals surface area contributed by atoms with E-state index in [1.54, 1.807) is 32.3 Å². The van der Waals surface area contributed by atoms with Crippen molar-refractivity contribution in [1.82, 2.24) is 0 Å². The van der Waals surface area contributed by atoms with Gasteiger partial charge in [-0.25, -0.2) is 0 Å². The molecular weight excluding hydrogens is 325 g/mol. The summed E-state index contributed by atoms with van der Waals surface area (Å²) in [7, 11) is -1.06. The van der Waals surface area contributed by atoms with Crippen LogP contribution in [-0.2, 0) is 5.90 Å². The summed E-state index contributed by atoms with van der Waals surface area (Å²) < 4.78 is 0. The maximum Gasteiger partial charge on any atom is 0.139 e. The zero-order valence-electron chi connectivity index (χ0n) is 14.4. The topological polar surface area (TPSA) is 0 Å². The van der Waals surface area contributed by atoms with E-state index in [4.69, 9.17) is 0 Å². The fraction of sp³-hybridized carbons (Fsp3) is 0.238. The van der Waals surface area contributed by atoms with Gasteiger partial charge in [0.2, 0.25) is 0 Å². The molecule has 1 heterocycles. The number of hydrogen-bond donors (Lipinski definition) is 0. The molecular formula is C21H27BP2. The standard InChI is InChI=1S/C21H27BP2/c1-16-17(2)19(4)23(18(16)3)15-24(22,20-11-7-5-8-12-20)21-13-9-6-10-14-21/h5-14H,15H2,1-4,22H3. The Bertz CT molecular complexity index is 770. The molecule has 2 aromatic carbocycles. The van der Waals surface area contributed by atoms with Crippen LogP contribution in [0.3, 0.4) is 0 Å². The van der Waals surface area contributed by atoms with Crippen molar-refractivity contribution in [3.63, 3.8) is 0 Å². The molecule has 0 aliphatic carbocycles. The second-order valence-electron chi connectivity index (χ2n) is 6.09. The molecule has 0 saturated carbocycles. The maximum absolute atomic E-state index is 2.40. The molecule has 3 aromatic rings. The molecule has 0 unspecified atom stereocenters. The van der Waals surface area contributed by atoms with Crippen molar-refractivity contribution in [3.05, 3.63) is 82.4 Å². The third-order valence-corrected chi connectivity index (χ3v) is 11.3. The first-order valence-electron chi connectivity index (χ1n) is 8.10. The van der Waals surface area contributed by atoms with Gasteiger partial charge in [0.05, 0.1) is 16.5 Å². The lowest BCUT2D eigenvalue weighted by Gasteiger charge is -2.31. The first-order chi connectivity index (χ1) is 11.4. The number of rotatable bonds is 4. The molecule has 0 aliphatic heterocycles. The van der Waals surface area contributed by atoms with Gasteiger partial charge in [-0.05, 0) is 73.7 Å². The van der Waals surface area contributed by atoms with Crippen molar-refractivity contribution in [2.45, 2.75) is 33.6 Å². The highest BCUT2D eigenvalue weighted by atomic mass is 31.2. The van der Waals surface area contributed by atoms with E-state index < -0.39 is 7.14 Å². The van der Waals surface area contributed by atoms with E-state index in [-0.39, 0.29) is 15.1 Å². The van der Waals surface area contributed by atoms with Crippen molar-refractivity contribution in [2.75, 3.05) is 0 Å². The van der Waals surface area contributed by atoms with Crippen LogP contribution < -0.4 is 10.6 Å². The minimum atomic E-state index is -1.14. The Kier molecular flexibility index (Phi) is 5.05. The van der Waals surface area contributed by atoms with Crippen LogP contribution in [0, 0.1) is 27.7 Å². The Labute approximate surface area is 149 Å². The van der Waals surface area contributed by atoms with Crippen LogP contribution in [0.4, 0.5) is 0 Å². The number of hydrogen-bond acceptors (Lipinski definition) is 0. The minimum Gasteiger partial charge on any atom is -0.0849 e. The van der Waals surface area contributed by atoms with E-state index in [1.807, 2.05) is 0 Å². The van der Waals surface area contributed by atoms with Gasteiger partial charge < -0.3 is 0 Å². The van der Waals surface area contributed by atoms with E-state index >= 15 is 0 Å². The normalized spacial score (nSPS) is 11.7. The van der Waals surface area contributed by atoms with Crippen LogP contribution in [0.15, 0.2) is 60.7 Å². The van der Waals surface area contributed by atoms with Crippen molar-refractivity contribution in [3.8, 4) is 0 Å². The molecule has 0 atom stereocenters. The van der Waals surface area contributed by atoms with Gasteiger partial charge in [0.25, 0.3) is 0 Å². The summed E-state index contributed by atoms with van der Waals surface area (Å²) in [5, 5.41) is 6.63. The van der Waals surface area contributed by atoms with Crippen LogP contribution in [0.25, 0.3) is 0 Å². The van der Waals surface area contributed by atoms with Crippen molar-refractivity contribution in [2.24, 2.45) is 0 Å². The fourth-order valence-corrected chi connectivity index (χ4v) is 10.2. The predicted octanol–water partition coefficient (Wildman–Crippen LogP) is 4.81. The van der Waals surface area contributed by atoms with Crippen LogP contribution >= 0.6 is 14.7 Å². The van der Waals surface area contributed by atoms with Gasteiger partial charge in [0.15, 0.2) is 0 Å². The SMILES string of the molecule is [BH3-][P+](Cp1c(C)c(C)c(C)c1C)(c1ccccc1)c1ccccc1. The first kappa shape index (κ1) is 17.5. The molecule has 0 radical (unpaired) electrons. The highest BCUT2D eigenvalue weighted by Crippen LogP contribution is 2.63. The fourth-order valence-electron chi connectivity index (χ4n) is 3.08. The molecule has 0 amide bonds. The Hall–Kier alpha value is -1.29. The number of benzene rings is 2. The van der Waals surface area contributed by atoms with Gasteiger partial charge in [0.1, 0.15) is 7.57 Å². The van der Waals surface area contributed by atoms with Gasteiger partial charge in [-0.1, -0.05) is 51.1 Å². The van der Waals surface area contributed by atoms with Crippen LogP contribution in [0.1, 0.15) is 21.7 Å². The lowest BCUT2D eigenvalue weighted by molar-refractivity contribution is 1.32. The third-order valence-electron chi connectivity index (χ3n) is 4.88. The Morgan fingerprint density at radius 3 is 1.46 bits per heavy atom. The van der Waals surface area contributed by atoms with Gasteiger partial charge in [-0.2, -0.15) is 0 Å². The lowest BCUT2D eigenvalue weighted by atomic mass is 10.2. The molecule has 0 fully saturated rings. The highest BCUT2D eigenvalue weighted by Gasteiger charge is 2.32. The van der Waals surface area contributed by atoms with E-state index in [0.29, 0.717) is 0 Å². The molecule has 0 saturated heterocycles. The largest absolute Gasteiger partial charge is 0.139 e. The monoisotopic (exact) mass is 352 g/mol. The average molecular weight is 352 g/mol. The van der Waals surface area contributed by atoms with Crippen molar-refractivity contribution >= 4 is 32.8 Å². The molecule has 0 bridgehead atoms. The second kappa shape index (κ2) is 6.91. The van der Waals surface area contributed by atoms with Crippen LogP contribution in [-0.4, -0.2) is 7.57 Å². The summed E-state index contributed by atoms with van der Waals surface area (Å²) in [4.78, 5) is 0. The first-order valence-corrected chi connectivity index (χ1v) is 11.2. The molecule has 0 nitrogen and oxygen atoms in total. The summed E-state index contributed by atoms with van der Waals surface area (Å²) in [5.74, 6) is 1.41. The molecule has 24 heavy (non-hydrogen) atoms. The van der Waals surface area contributed by atoms with Crippen LogP contribution in [0.5, 0.6) is 0 Å². The van der Waals surface area contributed by atoms with E-state index in [9.17, 15) is 0 Å². The quantitative estimate of drug-likeness (QED) is 0.467. The summed E-state index contributed by atoms with van der Waals surface area (Å²) in [6, 6.07) is 22.9. The van der Waals surface area contributed by atoms with E-state index in [0.717, 1.165) is 0 Å². The zero-order valence-corrected chi connectivity index (χ0v) is 16.2. The highest BCUT2D eigenvalue weighted by molar-refractivity contribution is 8.10. The average Bonchev–Trinajstić information content (AvgIpc) is 2.81. The Morgan fingerprint density at radius 1 is 0.708 bits per heavy atom. The predicted molar refractivity (Wildman–Crippen MR) is 117 cm³/mol. The molecule has 3 rings (SSSR count). The third kappa shape index (κ3) is 3.01. The molecule has 3 heteroatoms. The maximum atomic E-state index is 2.40. The van der Waals surface area contributed by atoms with Crippen molar-refractivity contribution < 1.29 is 0 Å².